The summed E-state index contributed by atoms with van der Waals surface area (Å²) in [6.45, 7) is 2.06. The molecule has 0 saturated heterocycles. The molecule has 126 valence electrons. The summed E-state index contributed by atoms with van der Waals surface area (Å²) in [4.78, 5) is 6.71. The number of imidazole rings is 1. The molecular weight excluding hydrogens is 344 g/mol. The van der Waals surface area contributed by atoms with E-state index in [1.165, 1.54) is 4.88 Å². The largest absolute Gasteiger partial charge is 0.454 e. The number of azo groups is 1. The topological polar surface area (TPSA) is 55.2 Å². The lowest BCUT2D eigenvalue weighted by molar-refractivity contribution is 0.628. The van der Waals surface area contributed by atoms with Crippen LogP contribution in [0.1, 0.15) is 4.88 Å². The summed E-state index contributed by atoms with van der Waals surface area (Å²) in [5.74, 6) is 1.29. The summed E-state index contributed by atoms with van der Waals surface area (Å²) < 4.78 is 8.09. The number of hydrogen-bond acceptors (Lipinski definition) is 5. The van der Waals surface area contributed by atoms with Crippen molar-refractivity contribution < 1.29 is 4.42 Å². The highest BCUT2D eigenvalue weighted by Crippen LogP contribution is 2.37. The van der Waals surface area contributed by atoms with Crippen molar-refractivity contribution in [2.75, 3.05) is 0 Å². The summed E-state index contributed by atoms with van der Waals surface area (Å²) in [7, 11) is 0. The van der Waals surface area contributed by atoms with Gasteiger partial charge in [0.05, 0.1) is 5.69 Å². The first-order valence-corrected chi connectivity index (χ1v) is 9.04. The molecule has 0 aliphatic heterocycles. The maximum atomic E-state index is 6.06. The van der Waals surface area contributed by atoms with Gasteiger partial charge in [-0.05, 0) is 31.2 Å². The molecule has 5 aromatic rings. The Morgan fingerprint density at radius 2 is 1.81 bits per heavy atom. The molecule has 0 saturated carbocycles. The molecule has 0 aliphatic rings. The highest BCUT2D eigenvalue weighted by atomic mass is 32.1. The minimum absolute atomic E-state index is 0.555. The second-order valence-corrected chi connectivity index (χ2v) is 7.18. The maximum absolute atomic E-state index is 6.06. The SMILES string of the molecule is Cc1cn2c(-c3cc4ccccc4o3)c(N=Nc3ccccc3)nc2s1. The molecule has 0 spiro atoms. The van der Waals surface area contributed by atoms with Crippen molar-refractivity contribution in [3.8, 4) is 11.5 Å². The van der Waals surface area contributed by atoms with Crippen LogP contribution < -0.4 is 0 Å². The zero-order valence-electron chi connectivity index (χ0n) is 14.0. The van der Waals surface area contributed by atoms with Gasteiger partial charge in [0.2, 0.25) is 5.82 Å². The molecule has 0 radical (unpaired) electrons. The number of hydrogen-bond donors (Lipinski definition) is 0. The van der Waals surface area contributed by atoms with Gasteiger partial charge in [-0.1, -0.05) is 36.4 Å². The number of benzene rings is 2. The van der Waals surface area contributed by atoms with E-state index in [-0.39, 0.29) is 0 Å². The number of aryl methyl sites for hydroxylation is 1. The Kier molecular flexibility index (Phi) is 3.43. The van der Waals surface area contributed by atoms with Crippen LogP contribution in [0.4, 0.5) is 11.5 Å². The van der Waals surface area contributed by atoms with Gasteiger partial charge >= 0.3 is 0 Å². The van der Waals surface area contributed by atoms with Gasteiger partial charge in [0, 0.05) is 16.5 Å². The summed E-state index contributed by atoms with van der Waals surface area (Å²) in [5.41, 5.74) is 2.45. The van der Waals surface area contributed by atoms with E-state index in [1.54, 1.807) is 11.3 Å². The fourth-order valence-electron chi connectivity index (χ4n) is 2.94. The van der Waals surface area contributed by atoms with E-state index in [0.717, 1.165) is 33.1 Å². The summed E-state index contributed by atoms with van der Waals surface area (Å²) in [5, 5.41) is 9.78. The fraction of sp³-hybridized carbons (Fsp3) is 0.0500. The molecule has 0 aliphatic carbocycles. The third kappa shape index (κ3) is 2.51. The second kappa shape index (κ2) is 5.93. The first-order valence-electron chi connectivity index (χ1n) is 8.22. The van der Waals surface area contributed by atoms with Crippen LogP contribution in [0.25, 0.3) is 27.4 Å². The van der Waals surface area contributed by atoms with E-state index in [1.807, 2.05) is 65.1 Å². The monoisotopic (exact) mass is 358 g/mol. The summed E-state index contributed by atoms with van der Waals surface area (Å²) in [6.07, 6.45) is 2.05. The van der Waals surface area contributed by atoms with Crippen molar-refractivity contribution in [1.82, 2.24) is 9.38 Å². The highest BCUT2D eigenvalue weighted by Gasteiger charge is 2.19. The van der Waals surface area contributed by atoms with Crippen molar-refractivity contribution in [1.29, 1.82) is 0 Å². The molecule has 0 bridgehead atoms. The van der Waals surface area contributed by atoms with Gasteiger partial charge in [-0.3, -0.25) is 4.40 Å². The quantitative estimate of drug-likeness (QED) is 0.344. The third-order valence-corrected chi connectivity index (χ3v) is 5.00. The Hall–Kier alpha value is -3.25. The lowest BCUT2D eigenvalue weighted by atomic mass is 10.2. The van der Waals surface area contributed by atoms with Crippen LogP contribution in [0.2, 0.25) is 0 Å². The smallest absolute Gasteiger partial charge is 0.205 e. The lowest BCUT2D eigenvalue weighted by Gasteiger charge is -1.96. The van der Waals surface area contributed by atoms with E-state index in [0.29, 0.717) is 5.82 Å². The van der Waals surface area contributed by atoms with Gasteiger partial charge in [0.15, 0.2) is 10.7 Å². The molecule has 2 aromatic carbocycles. The van der Waals surface area contributed by atoms with Gasteiger partial charge in [-0.15, -0.1) is 21.6 Å². The minimum atomic E-state index is 0.555. The molecular formula is C20H14N4OS. The number of fused-ring (bicyclic) bond motifs is 2. The number of para-hydroxylation sites is 1. The number of rotatable bonds is 3. The average Bonchev–Trinajstić information content (AvgIpc) is 3.31. The van der Waals surface area contributed by atoms with E-state index in [4.69, 9.17) is 4.42 Å². The Bertz CT molecular complexity index is 1210. The molecule has 0 N–H and O–H groups in total. The Labute approximate surface area is 153 Å². The number of nitrogens with zero attached hydrogens (tertiary/aromatic N) is 4. The number of aromatic nitrogens is 2. The normalized spacial score (nSPS) is 11.9. The van der Waals surface area contributed by atoms with E-state index in [9.17, 15) is 0 Å². The van der Waals surface area contributed by atoms with Crippen molar-refractivity contribution in [2.45, 2.75) is 6.92 Å². The molecule has 6 heteroatoms. The van der Waals surface area contributed by atoms with Crippen LogP contribution >= 0.6 is 11.3 Å². The number of furan rings is 1. The highest BCUT2D eigenvalue weighted by molar-refractivity contribution is 7.17. The zero-order chi connectivity index (χ0) is 17.5. The second-order valence-electron chi connectivity index (χ2n) is 5.96. The molecule has 26 heavy (non-hydrogen) atoms. The predicted molar refractivity (Wildman–Crippen MR) is 104 cm³/mol. The standard InChI is InChI=1S/C20H14N4OS/c1-13-12-24-18(17-11-14-7-5-6-10-16(14)25-17)19(21-20(24)26-13)23-22-15-8-3-2-4-9-15/h2-12H,1H3. The van der Waals surface area contributed by atoms with Gasteiger partial charge in [-0.2, -0.15) is 4.98 Å². The van der Waals surface area contributed by atoms with Crippen LogP contribution in [-0.4, -0.2) is 9.38 Å². The average molecular weight is 358 g/mol. The molecule has 0 amide bonds. The van der Waals surface area contributed by atoms with E-state index >= 15 is 0 Å². The maximum Gasteiger partial charge on any atom is 0.205 e. The zero-order valence-corrected chi connectivity index (χ0v) is 14.8. The van der Waals surface area contributed by atoms with Crippen molar-refractivity contribution in [3.63, 3.8) is 0 Å². The molecule has 3 heterocycles. The third-order valence-electron chi connectivity index (χ3n) is 4.10. The molecule has 0 unspecified atom stereocenters. The van der Waals surface area contributed by atoms with E-state index in [2.05, 4.69) is 28.3 Å². The van der Waals surface area contributed by atoms with Crippen molar-refractivity contribution in [2.24, 2.45) is 10.2 Å². The van der Waals surface area contributed by atoms with Gasteiger partial charge in [-0.25, -0.2) is 0 Å². The molecule has 0 atom stereocenters. The van der Waals surface area contributed by atoms with Crippen LogP contribution in [0, 0.1) is 6.92 Å². The Morgan fingerprint density at radius 3 is 2.65 bits per heavy atom. The Morgan fingerprint density at radius 1 is 1.00 bits per heavy atom. The van der Waals surface area contributed by atoms with Crippen LogP contribution in [0.3, 0.4) is 0 Å². The van der Waals surface area contributed by atoms with Gasteiger partial charge in [0.1, 0.15) is 11.3 Å². The minimum Gasteiger partial charge on any atom is -0.454 e. The van der Waals surface area contributed by atoms with Crippen LogP contribution in [0.5, 0.6) is 0 Å². The lowest BCUT2D eigenvalue weighted by Crippen LogP contribution is -1.81. The van der Waals surface area contributed by atoms with Crippen molar-refractivity contribution in [3.05, 3.63) is 71.7 Å². The first kappa shape index (κ1) is 15.0. The fourth-order valence-corrected chi connectivity index (χ4v) is 3.76. The van der Waals surface area contributed by atoms with Crippen LogP contribution in [0.15, 0.2) is 81.5 Å². The van der Waals surface area contributed by atoms with E-state index < -0.39 is 0 Å². The molecule has 5 nitrogen and oxygen atoms in total. The predicted octanol–water partition coefficient (Wildman–Crippen LogP) is 6.53. The van der Waals surface area contributed by atoms with Crippen molar-refractivity contribution >= 4 is 38.8 Å². The summed E-state index contributed by atoms with van der Waals surface area (Å²) in [6, 6.07) is 19.6. The van der Waals surface area contributed by atoms with Crippen LogP contribution in [-0.2, 0) is 0 Å². The Balaban J connectivity index is 1.70. The molecule has 3 aromatic heterocycles. The molecule has 5 rings (SSSR count). The van der Waals surface area contributed by atoms with Gasteiger partial charge < -0.3 is 4.42 Å². The summed E-state index contributed by atoms with van der Waals surface area (Å²) >= 11 is 1.62. The molecule has 0 fully saturated rings. The van der Waals surface area contributed by atoms with Gasteiger partial charge in [0.25, 0.3) is 0 Å². The first-order chi connectivity index (χ1) is 12.8. The number of thiazole rings is 1.